The summed E-state index contributed by atoms with van der Waals surface area (Å²) in [7, 11) is 0. The van der Waals surface area contributed by atoms with Crippen LogP contribution >= 0.6 is 0 Å². The summed E-state index contributed by atoms with van der Waals surface area (Å²) in [6.07, 6.45) is 5.10. The number of nitrogens with zero attached hydrogens (tertiary/aromatic N) is 2. The van der Waals surface area contributed by atoms with E-state index >= 15 is 0 Å². The third-order valence-corrected chi connectivity index (χ3v) is 3.48. The number of rotatable bonds is 4. The average molecular weight is 318 g/mol. The molecule has 0 atom stereocenters. The van der Waals surface area contributed by atoms with Crippen LogP contribution in [0.5, 0.6) is 0 Å². The van der Waals surface area contributed by atoms with Crippen molar-refractivity contribution in [3.8, 4) is 12.3 Å². The molecular weight excluding hydrogens is 299 g/mol. The highest BCUT2D eigenvalue weighted by Gasteiger charge is 2.22. The highest BCUT2D eigenvalue weighted by atomic mass is 19.1. The van der Waals surface area contributed by atoms with Gasteiger partial charge in [0.2, 0.25) is 5.91 Å². The van der Waals surface area contributed by atoms with E-state index in [0.717, 1.165) is 0 Å². The lowest BCUT2D eigenvalue weighted by Crippen LogP contribution is -2.53. The first-order valence-corrected chi connectivity index (χ1v) is 7.32. The largest absolute Gasteiger partial charge is 0.327 e. The van der Waals surface area contributed by atoms with Crippen molar-refractivity contribution in [2.24, 2.45) is 0 Å². The van der Waals surface area contributed by atoms with E-state index in [-0.39, 0.29) is 25.0 Å². The van der Waals surface area contributed by atoms with E-state index in [9.17, 15) is 14.0 Å². The molecule has 1 fully saturated rings. The molecule has 1 saturated heterocycles. The Balaban J connectivity index is 1.74. The zero-order chi connectivity index (χ0) is 16.7. The summed E-state index contributed by atoms with van der Waals surface area (Å²) < 4.78 is 13.1. The van der Waals surface area contributed by atoms with Crippen molar-refractivity contribution in [2.75, 3.05) is 44.6 Å². The number of halogens is 1. The smallest absolute Gasteiger partial charge is 0.318 e. The van der Waals surface area contributed by atoms with Crippen LogP contribution in [0.1, 0.15) is 0 Å². The Morgan fingerprint density at radius 1 is 1.26 bits per heavy atom. The molecule has 0 bridgehead atoms. The second-order valence-corrected chi connectivity index (χ2v) is 5.18. The quantitative estimate of drug-likeness (QED) is 0.804. The highest BCUT2D eigenvalue weighted by molar-refractivity contribution is 5.92. The fraction of sp³-hybridized carbons (Fsp3) is 0.375. The molecule has 2 N–H and O–H groups in total. The van der Waals surface area contributed by atoms with Gasteiger partial charge in [0.15, 0.2) is 0 Å². The normalized spacial score (nSPS) is 14.9. The first-order valence-electron chi connectivity index (χ1n) is 7.32. The SMILES string of the molecule is C#CCNC(=O)N1CCN(CC(=O)Nc2cccc(F)c2)CC1. The van der Waals surface area contributed by atoms with Crippen LogP contribution in [0, 0.1) is 18.2 Å². The Labute approximate surface area is 134 Å². The number of amides is 3. The minimum atomic E-state index is -0.394. The molecule has 0 aliphatic carbocycles. The molecule has 7 heteroatoms. The molecule has 0 radical (unpaired) electrons. The predicted octanol–water partition coefficient (Wildman–Crippen LogP) is 0.725. The number of nitrogens with one attached hydrogen (secondary N) is 2. The molecule has 23 heavy (non-hydrogen) atoms. The Morgan fingerprint density at radius 3 is 2.65 bits per heavy atom. The van der Waals surface area contributed by atoms with Gasteiger partial charge in [-0.25, -0.2) is 9.18 Å². The summed E-state index contributed by atoms with van der Waals surface area (Å²) in [5.41, 5.74) is 0.433. The summed E-state index contributed by atoms with van der Waals surface area (Å²) in [5, 5.41) is 5.27. The second-order valence-electron chi connectivity index (χ2n) is 5.18. The molecule has 1 aliphatic rings. The first-order chi connectivity index (χ1) is 11.1. The van der Waals surface area contributed by atoms with Crippen LogP contribution in [0.4, 0.5) is 14.9 Å². The van der Waals surface area contributed by atoms with Crippen LogP contribution in [0.25, 0.3) is 0 Å². The van der Waals surface area contributed by atoms with Gasteiger partial charge in [0.1, 0.15) is 5.82 Å². The molecule has 6 nitrogen and oxygen atoms in total. The Hall–Kier alpha value is -2.59. The van der Waals surface area contributed by atoms with Gasteiger partial charge in [0.25, 0.3) is 0 Å². The maximum absolute atomic E-state index is 13.1. The Kier molecular flexibility index (Phi) is 5.94. The molecule has 1 aromatic carbocycles. The lowest BCUT2D eigenvalue weighted by molar-refractivity contribution is -0.117. The molecular formula is C16H19FN4O2. The lowest BCUT2D eigenvalue weighted by Gasteiger charge is -2.34. The first kappa shape index (κ1) is 16.8. The maximum atomic E-state index is 13.1. The van der Waals surface area contributed by atoms with E-state index in [0.29, 0.717) is 31.9 Å². The lowest BCUT2D eigenvalue weighted by atomic mass is 10.3. The van der Waals surface area contributed by atoms with Crippen LogP contribution < -0.4 is 10.6 Å². The fourth-order valence-electron chi connectivity index (χ4n) is 2.32. The number of piperazine rings is 1. The third kappa shape index (κ3) is 5.27. The molecule has 1 heterocycles. The standard InChI is InChI=1S/C16H19FN4O2/c1-2-6-18-16(23)21-9-7-20(8-10-21)12-15(22)19-14-5-3-4-13(17)11-14/h1,3-5,11H,6-10,12H2,(H,18,23)(H,19,22). The van der Waals surface area contributed by atoms with Gasteiger partial charge in [-0.2, -0.15) is 0 Å². The van der Waals surface area contributed by atoms with Crippen LogP contribution in [0.3, 0.4) is 0 Å². The molecule has 1 aromatic rings. The molecule has 122 valence electrons. The molecule has 0 spiro atoms. The molecule has 0 saturated carbocycles. The van der Waals surface area contributed by atoms with E-state index in [1.54, 1.807) is 17.0 Å². The second kappa shape index (κ2) is 8.15. The van der Waals surface area contributed by atoms with Crippen molar-refractivity contribution in [3.05, 3.63) is 30.1 Å². The summed E-state index contributed by atoms with van der Waals surface area (Å²) in [5.74, 6) is 1.75. The zero-order valence-corrected chi connectivity index (χ0v) is 12.7. The monoisotopic (exact) mass is 318 g/mol. The molecule has 0 unspecified atom stereocenters. The average Bonchev–Trinajstić information content (AvgIpc) is 2.53. The van der Waals surface area contributed by atoms with Crippen LogP contribution in [0.15, 0.2) is 24.3 Å². The van der Waals surface area contributed by atoms with Crippen LogP contribution in [-0.4, -0.2) is 61.0 Å². The van der Waals surface area contributed by atoms with Crippen molar-refractivity contribution in [2.45, 2.75) is 0 Å². The molecule has 2 rings (SSSR count). The summed E-state index contributed by atoms with van der Waals surface area (Å²) in [4.78, 5) is 27.3. The van der Waals surface area contributed by atoms with Crippen molar-refractivity contribution in [3.63, 3.8) is 0 Å². The van der Waals surface area contributed by atoms with Crippen molar-refractivity contribution in [1.29, 1.82) is 0 Å². The van der Waals surface area contributed by atoms with E-state index in [1.807, 2.05) is 4.90 Å². The number of hydrogen-bond donors (Lipinski definition) is 2. The summed E-state index contributed by atoms with van der Waals surface area (Å²) in [6.45, 7) is 2.67. The number of benzene rings is 1. The highest BCUT2D eigenvalue weighted by Crippen LogP contribution is 2.09. The van der Waals surface area contributed by atoms with E-state index in [1.165, 1.54) is 12.1 Å². The van der Waals surface area contributed by atoms with Crippen molar-refractivity contribution in [1.82, 2.24) is 15.1 Å². The predicted molar refractivity (Wildman–Crippen MR) is 85.3 cm³/mol. The molecule has 3 amide bonds. The topological polar surface area (TPSA) is 64.7 Å². The Bertz CT molecular complexity index is 606. The van der Waals surface area contributed by atoms with Crippen LogP contribution in [0.2, 0.25) is 0 Å². The van der Waals surface area contributed by atoms with Gasteiger partial charge >= 0.3 is 6.03 Å². The number of carbonyl (C=O) groups is 2. The van der Waals surface area contributed by atoms with Gasteiger partial charge in [-0.05, 0) is 18.2 Å². The third-order valence-electron chi connectivity index (χ3n) is 3.48. The van der Waals surface area contributed by atoms with Gasteiger partial charge in [0, 0.05) is 31.9 Å². The minimum absolute atomic E-state index is 0.188. The number of terminal acetylenes is 1. The minimum Gasteiger partial charge on any atom is -0.327 e. The maximum Gasteiger partial charge on any atom is 0.318 e. The van der Waals surface area contributed by atoms with E-state index in [2.05, 4.69) is 16.6 Å². The van der Waals surface area contributed by atoms with Crippen LogP contribution in [-0.2, 0) is 4.79 Å². The number of hydrogen-bond acceptors (Lipinski definition) is 3. The van der Waals surface area contributed by atoms with E-state index in [4.69, 9.17) is 6.42 Å². The zero-order valence-electron chi connectivity index (χ0n) is 12.7. The van der Waals surface area contributed by atoms with Gasteiger partial charge in [-0.15, -0.1) is 6.42 Å². The molecule has 1 aliphatic heterocycles. The van der Waals surface area contributed by atoms with Crippen molar-refractivity contribution >= 4 is 17.6 Å². The van der Waals surface area contributed by atoms with E-state index < -0.39 is 5.82 Å². The fourth-order valence-corrected chi connectivity index (χ4v) is 2.32. The number of carbonyl (C=O) groups excluding carboxylic acids is 2. The molecule has 0 aromatic heterocycles. The Morgan fingerprint density at radius 2 is 2.00 bits per heavy atom. The van der Waals surface area contributed by atoms with Gasteiger partial charge < -0.3 is 15.5 Å². The number of anilines is 1. The summed E-state index contributed by atoms with van der Waals surface area (Å²) >= 11 is 0. The summed E-state index contributed by atoms with van der Waals surface area (Å²) in [6, 6.07) is 5.57. The van der Waals surface area contributed by atoms with Gasteiger partial charge in [0.05, 0.1) is 13.1 Å². The van der Waals surface area contributed by atoms with Gasteiger partial charge in [-0.1, -0.05) is 12.0 Å². The van der Waals surface area contributed by atoms with Gasteiger partial charge in [-0.3, -0.25) is 9.69 Å². The van der Waals surface area contributed by atoms with Crippen molar-refractivity contribution < 1.29 is 14.0 Å². The number of urea groups is 1.